The van der Waals surface area contributed by atoms with Crippen molar-refractivity contribution in [3.8, 4) is 0 Å². The van der Waals surface area contributed by atoms with Gasteiger partial charge in [-0.05, 0) is 39.3 Å². The zero-order valence-corrected chi connectivity index (χ0v) is 14.1. The van der Waals surface area contributed by atoms with Gasteiger partial charge in [0.05, 0.1) is 6.54 Å². The van der Waals surface area contributed by atoms with Crippen molar-refractivity contribution in [3.63, 3.8) is 0 Å². The van der Waals surface area contributed by atoms with Gasteiger partial charge in [0.15, 0.2) is 0 Å². The van der Waals surface area contributed by atoms with E-state index in [0.29, 0.717) is 6.54 Å². The maximum absolute atomic E-state index is 11.8. The number of likely N-dealkylation sites (N-methyl/N-ethyl adjacent to an activating group) is 2. The molecule has 0 aliphatic carbocycles. The van der Waals surface area contributed by atoms with E-state index in [1.165, 1.54) is 0 Å². The lowest BCUT2D eigenvalue weighted by Crippen LogP contribution is -2.37. The molecule has 0 saturated carbocycles. The first kappa shape index (κ1) is 17.4. The Bertz CT molecular complexity index is 448. The molecule has 1 N–H and O–H groups in total. The largest absolute Gasteiger partial charge is 0.348 e. The topological polar surface area (TPSA) is 48.5 Å². The Morgan fingerprint density at radius 2 is 1.95 bits per heavy atom. The van der Waals surface area contributed by atoms with Crippen molar-refractivity contribution in [1.29, 1.82) is 0 Å². The van der Waals surface area contributed by atoms with Gasteiger partial charge in [-0.1, -0.05) is 6.07 Å². The summed E-state index contributed by atoms with van der Waals surface area (Å²) in [6, 6.07) is 4.04. The summed E-state index contributed by atoms with van der Waals surface area (Å²) in [7, 11) is 3.54. The Morgan fingerprint density at radius 1 is 1.29 bits per heavy atom. The molecule has 21 heavy (non-hydrogen) atoms. The molecule has 1 heterocycles. The summed E-state index contributed by atoms with van der Waals surface area (Å²) in [5.41, 5.74) is 1.23. The van der Waals surface area contributed by atoms with Gasteiger partial charge >= 0.3 is 0 Å². The van der Waals surface area contributed by atoms with Crippen LogP contribution in [0.2, 0.25) is 0 Å². The highest BCUT2D eigenvalue weighted by atomic mass is 16.2. The second kappa shape index (κ2) is 7.41. The molecule has 5 heteroatoms. The van der Waals surface area contributed by atoms with Gasteiger partial charge < -0.3 is 15.1 Å². The van der Waals surface area contributed by atoms with Crippen molar-refractivity contribution in [3.05, 3.63) is 23.9 Å². The molecule has 0 spiro atoms. The van der Waals surface area contributed by atoms with Crippen LogP contribution in [0.1, 0.15) is 33.3 Å². The van der Waals surface area contributed by atoms with Gasteiger partial charge in [0.25, 0.3) is 0 Å². The molecule has 1 aromatic heterocycles. The van der Waals surface area contributed by atoms with Crippen LogP contribution >= 0.6 is 0 Å². The third-order valence-electron chi connectivity index (χ3n) is 3.16. The average Bonchev–Trinajstić information content (AvgIpc) is 2.42. The number of aromatic nitrogens is 1. The van der Waals surface area contributed by atoms with Crippen molar-refractivity contribution < 1.29 is 4.79 Å². The number of anilines is 1. The van der Waals surface area contributed by atoms with Gasteiger partial charge in [-0.25, -0.2) is 4.98 Å². The lowest BCUT2D eigenvalue weighted by atomic mass is 10.1. The predicted molar refractivity (Wildman–Crippen MR) is 87.4 cm³/mol. The van der Waals surface area contributed by atoms with Crippen molar-refractivity contribution in [2.45, 2.75) is 39.8 Å². The molecule has 0 unspecified atom stereocenters. The Kier molecular flexibility index (Phi) is 6.15. The summed E-state index contributed by atoms with van der Waals surface area (Å²) in [6.07, 6.45) is 1.87. The third-order valence-corrected chi connectivity index (χ3v) is 3.16. The number of carbonyl (C=O) groups is 1. The van der Waals surface area contributed by atoms with Gasteiger partial charge in [0, 0.05) is 38.9 Å². The zero-order chi connectivity index (χ0) is 16.0. The molecule has 1 aromatic rings. The first-order valence-electron chi connectivity index (χ1n) is 7.38. The normalized spacial score (nSPS) is 11.3. The van der Waals surface area contributed by atoms with Gasteiger partial charge in [0.2, 0.25) is 5.91 Å². The molecule has 0 saturated heterocycles. The molecule has 0 aromatic carbocycles. The fraction of sp³-hybridized carbons (Fsp3) is 0.625. The van der Waals surface area contributed by atoms with E-state index in [9.17, 15) is 4.79 Å². The number of pyridine rings is 1. The Hall–Kier alpha value is -1.62. The molecule has 0 atom stereocenters. The Labute approximate surface area is 128 Å². The third kappa shape index (κ3) is 6.12. The van der Waals surface area contributed by atoms with Crippen LogP contribution in [0.4, 0.5) is 5.82 Å². The number of rotatable bonds is 6. The standard InChI is InChI=1S/C16H28N4O/c1-7-20(12-15(21)19(5)6)14-9-8-13(10-17-14)11-18-16(2,3)4/h8-10,18H,7,11-12H2,1-6H3. The van der Waals surface area contributed by atoms with Gasteiger partial charge in [0.1, 0.15) is 5.82 Å². The van der Waals surface area contributed by atoms with Gasteiger partial charge in [-0.2, -0.15) is 0 Å². The SMILES string of the molecule is CCN(CC(=O)N(C)C)c1ccc(CNC(C)(C)C)cn1. The highest BCUT2D eigenvalue weighted by Gasteiger charge is 2.13. The maximum atomic E-state index is 11.8. The van der Waals surface area contributed by atoms with Gasteiger partial charge in [-0.3, -0.25) is 4.79 Å². The van der Waals surface area contributed by atoms with Crippen LogP contribution in [-0.4, -0.2) is 48.5 Å². The monoisotopic (exact) mass is 292 g/mol. The molecule has 1 rings (SSSR count). The van der Waals surface area contributed by atoms with Crippen LogP contribution in [0.15, 0.2) is 18.3 Å². The Balaban J connectivity index is 2.68. The summed E-state index contributed by atoms with van der Waals surface area (Å²) in [4.78, 5) is 19.9. The summed E-state index contributed by atoms with van der Waals surface area (Å²) in [6.45, 7) is 10.4. The van der Waals surface area contributed by atoms with Crippen molar-refractivity contribution in [1.82, 2.24) is 15.2 Å². The lowest BCUT2D eigenvalue weighted by Gasteiger charge is -2.24. The number of amides is 1. The number of nitrogens with one attached hydrogen (secondary N) is 1. The lowest BCUT2D eigenvalue weighted by molar-refractivity contribution is -0.127. The van der Waals surface area contributed by atoms with Crippen LogP contribution in [0.25, 0.3) is 0 Å². The maximum Gasteiger partial charge on any atom is 0.241 e. The molecule has 0 radical (unpaired) electrons. The average molecular weight is 292 g/mol. The summed E-state index contributed by atoms with van der Waals surface area (Å²) in [5.74, 6) is 0.921. The van der Waals surface area contributed by atoms with Gasteiger partial charge in [-0.15, -0.1) is 0 Å². The predicted octanol–water partition coefficient (Wildman–Crippen LogP) is 1.88. The molecule has 5 nitrogen and oxygen atoms in total. The van der Waals surface area contributed by atoms with E-state index in [4.69, 9.17) is 0 Å². The van der Waals surface area contributed by atoms with Crippen LogP contribution in [0.5, 0.6) is 0 Å². The van der Waals surface area contributed by atoms with Crippen LogP contribution < -0.4 is 10.2 Å². The molecular formula is C16H28N4O. The number of nitrogens with zero attached hydrogens (tertiary/aromatic N) is 3. The summed E-state index contributed by atoms with van der Waals surface area (Å²) < 4.78 is 0. The first-order valence-corrected chi connectivity index (χ1v) is 7.38. The van der Waals surface area contributed by atoms with E-state index in [1.807, 2.05) is 24.1 Å². The van der Waals surface area contributed by atoms with E-state index in [0.717, 1.165) is 24.5 Å². The molecule has 0 aliphatic rings. The minimum Gasteiger partial charge on any atom is -0.348 e. The van der Waals surface area contributed by atoms with E-state index in [2.05, 4.69) is 37.1 Å². The van der Waals surface area contributed by atoms with E-state index in [-0.39, 0.29) is 11.4 Å². The number of carbonyl (C=O) groups excluding carboxylic acids is 1. The minimum absolute atomic E-state index is 0.0807. The summed E-state index contributed by atoms with van der Waals surface area (Å²) in [5, 5.41) is 3.43. The minimum atomic E-state index is 0.0807. The van der Waals surface area contributed by atoms with Crippen molar-refractivity contribution >= 4 is 11.7 Å². The highest BCUT2D eigenvalue weighted by molar-refractivity contribution is 5.80. The molecule has 0 bridgehead atoms. The Morgan fingerprint density at radius 3 is 2.38 bits per heavy atom. The smallest absolute Gasteiger partial charge is 0.241 e. The summed E-state index contributed by atoms with van der Waals surface area (Å²) >= 11 is 0. The highest BCUT2D eigenvalue weighted by Crippen LogP contribution is 2.12. The van der Waals surface area contributed by atoms with Crippen molar-refractivity contribution in [2.75, 3.05) is 32.1 Å². The van der Waals surface area contributed by atoms with Crippen molar-refractivity contribution in [2.24, 2.45) is 0 Å². The van der Waals surface area contributed by atoms with Crippen LogP contribution in [0.3, 0.4) is 0 Å². The van der Waals surface area contributed by atoms with Crippen LogP contribution in [0, 0.1) is 0 Å². The number of hydrogen-bond acceptors (Lipinski definition) is 4. The fourth-order valence-electron chi connectivity index (χ4n) is 1.74. The zero-order valence-electron chi connectivity index (χ0n) is 14.1. The van der Waals surface area contributed by atoms with Crippen LogP contribution in [-0.2, 0) is 11.3 Å². The van der Waals surface area contributed by atoms with E-state index >= 15 is 0 Å². The van der Waals surface area contributed by atoms with E-state index in [1.54, 1.807) is 19.0 Å². The molecule has 118 valence electrons. The number of hydrogen-bond donors (Lipinski definition) is 1. The fourth-order valence-corrected chi connectivity index (χ4v) is 1.74. The second-order valence-corrected chi connectivity index (χ2v) is 6.43. The molecule has 1 amide bonds. The van der Waals surface area contributed by atoms with E-state index < -0.39 is 0 Å². The molecular weight excluding hydrogens is 264 g/mol. The molecule has 0 aliphatic heterocycles. The first-order chi connectivity index (χ1) is 9.73. The molecule has 0 fully saturated rings. The second-order valence-electron chi connectivity index (χ2n) is 6.43. The quantitative estimate of drug-likeness (QED) is 0.870.